The summed E-state index contributed by atoms with van der Waals surface area (Å²) in [6, 6.07) is 62.0. The van der Waals surface area contributed by atoms with Crippen LogP contribution in [0.1, 0.15) is 18.4 Å². The Kier molecular flexibility index (Phi) is 7.37. The van der Waals surface area contributed by atoms with Crippen molar-refractivity contribution in [2.75, 3.05) is 4.90 Å². The van der Waals surface area contributed by atoms with E-state index in [2.05, 4.69) is 193 Å². The maximum Gasteiger partial charge on any atom is 0.0540 e. The molecular weight excluding hydrogens is 591 g/mol. The molecule has 0 N–H and O–H groups in total. The Bertz CT molecular complexity index is 2520. The molecule has 0 radical (unpaired) electrons. The van der Waals surface area contributed by atoms with Crippen LogP contribution in [0, 0.1) is 0 Å². The number of allylic oxidation sites excluding steroid dienone is 4. The number of hydrogen-bond donors (Lipinski definition) is 0. The molecule has 0 spiro atoms. The fourth-order valence-electron chi connectivity index (χ4n) is 7.50. The van der Waals surface area contributed by atoms with Crippen LogP contribution in [0.4, 0.5) is 17.1 Å². The summed E-state index contributed by atoms with van der Waals surface area (Å²) in [5.41, 5.74) is 10.8. The van der Waals surface area contributed by atoms with Crippen molar-refractivity contribution in [1.29, 1.82) is 0 Å². The van der Waals surface area contributed by atoms with Crippen molar-refractivity contribution in [1.82, 2.24) is 0 Å². The van der Waals surface area contributed by atoms with Gasteiger partial charge in [-0.15, -0.1) is 0 Å². The number of rotatable bonds is 6. The predicted molar refractivity (Wildman–Crippen MR) is 211 cm³/mol. The van der Waals surface area contributed by atoms with Gasteiger partial charge in [-0.05, 0) is 109 Å². The molecule has 0 amide bonds. The van der Waals surface area contributed by atoms with Gasteiger partial charge in [0, 0.05) is 16.9 Å². The van der Waals surface area contributed by atoms with Gasteiger partial charge in [0.25, 0.3) is 0 Å². The molecule has 0 aliphatic heterocycles. The van der Waals surface area contributed by atoms with Crippen LogP contribution in [0.2, 0.25) is 0 Å². The number of fused-ring (bicyclic) bond motifs is 5. The molecule has 0 saturated heterocycles. The highest BCUT2D eigenvalue weighted by Crippen LogP contribution is 2.43. The Balaban J connectivity index is 1.20. The summed E-state index contributed by atoms with van der Waals surface area (Å²) in [7, 11) is 0. The number of nitrogens with zero attached hydrogens (tertiary/aromatic N) is 1. The SMILES string of the molecule is C1=CC(c2ccc(N(c3ccccc3)c3ccc(-c4cccc5ccc6c7ccccc7ccc6c45)cc3)c(-c3ccccc3)c2)=CCC1. The summed E-state index contributed by atoms with van der Waals surface area (Å²) in [5, 5.41) is 7.70. The summed E-state index contributed by atoms with van der Waals surface area (Å²) >= 11 is 0. The van der Waals surface area contributed by atoms with E-state index in [-0.39, 0.29) is 0 Å². The van der Waals surface area contributed by atoms with Crippen LogP contribution in [0.25, 0.3) is 60.1 Å². The van der Waals surface area contributed by atoms with Gasteiger partial charge >= 0.3 is 0 Å². The van der Waals surface area contributed by atoms with Gasteiger partial charge < -0.3 is 4.90 Å². The first kappa shape index (κ1) is 29.0. The fraction of sp³-hybridized carbons (Fsp3) is 0.0417. The number of anilines is 3. The maximum atomic E-state index is 2.39. The van der Waals surface area contributed by atoms with Crippen molar-refractivity contribution in [3.05, 3.63) is 194 Å². The van der Waals surface area contributed by atoms with E-state index in [0.29, 0.717) is 0 Å². The molecule has 8 aromatic rings. The quantitative estimate of drug-likeness (QED) is 0.166. The zero-order valence-electron chi connectivity index (χ0n) is 27.3. The van der Waals surface area contributed by atoms with Crippen molar-refractivity contribution in [2.45, 2.75) is 12.8 Å². The third-order valence-electron chi connectivity index (χ3n) is 9.87. The standard InChI is InChI=1S/C48H35N/c1-4-13-34(14-5-1)39-27-32-47(46(33-39)35-15-6-2-7-16-35)49(40-19-8-3-9-20-40)41-28-23-37(24-29-41)43-22-12-18-38-26-30-44-42-21-11-10-17-36(42)25-31-45(44)48(38)43/h2-4,6-33H,1,5H2. The fourth-order valence-corrected chi connectivity index (χ4v) is 7.50. The highest BCUT2D eigenvalue weighted by Gasteiger charge is 2.19. The third kappa shape index (κ3) is 5.30. The minimum atomic E-state index is 1.08. The van der Waals surface area contributed by atoms with Crippen molar-refractivity contribution < 1.29 is 0 Å². The van der Waals surface area contributed by atoms with Crippen LogP contribution in [0.5, 0.6) is 0 Å². The van der Waals surface area contributed by atoms with Gasteiger partial charge in [-0.1, -0.05) is 152 Å². The largest absolute Gasteiger partial charge is 0.310 e. The minimum absolute atomic E-state index is 1.08. The topological polar surface area (TPSA) is 3.24 Å². The number of benzene rings is 8. The molecule has 1 nitrogen and oxygen atoms in total. The molecule has 0 atom stereocenters. The molecule has 0 bridgehead atoms. The van der Waals surface area contributed by atoms with Gasteiger partial charge in [-0.3, -0.25) is 0 Å². The molecular formula is C48H35N. The first-order valence-corrected chi connectivity index (χ1v) is 17.2. The van der Waals surface area contributed by atoms with Gasteiger partial charge in [0.1, 0.15) is 0 Å². The molecule has 9 rings (SSSR count). The van der Waals surface area contributed by atoms with E-state index in [4.69, 9.17) is 0 Å². The second-order valence-electron chi connectivity index (χ2n) is 12.8. The van der Waals surface area contributed by atoms with E-state index in [1.54, 1.807) is 0 Å². The van der Waals surface area contributed by atoms with Crippen LogP contribution in [-0.2, 0) is 0 Å². The van der Waals surface area contributed by atoms with Gasteiger partial charge in [0.15, 0.2) is 0 Å². The maximum absolute atomic E-state index is 2.39. The Morgan fingerprint density at radius 3 is 1.90 bits per heavy atom. The number of para-hydroxylation sites is 1. The number of hydrogen-bond acceptors (Lipinski definition) is 1. The monoisotopic (exact) mass is 625 g/mol. The van der Waals surface area contributed by atoms with E-state index < -0.39 is 0 Å². The molecule has 232 valence electrons. The summed E-state index contributed by atoms with van der Waals surface area (Å²) < 4.78 is 0. The van der Waals surface area contributed by atoms with Crippen LogP contribution >= 0.6 is 0 Å². The van der Waals surface area contributed by atoms with Gasteiger partial charge in [0.05, 0.1) is 5.69 Å². The Morgan fingerprint density at radius 1 is 0.408 bits per heavy atom. The van der Waals surface area contributed by atoms with Gasteiger partial charge in [-0.25, -0.2) is 0 Å². The van der Waals surface area contributed by atoms with Crippen molar-refractivity contribution in [3.8, 4) is 22.3 Å². The lowest BCUT2D eigenvalue weighted by Gasteiger charge is -2.28. The van der Waals surface area contributed by atoms with Crippen molar-refractivity contribution in [3.63, 3.8) is 0 Å². The highest BCUT2D eigenvalue weighted by atomic mass is 15.1. The van der Waals surface area contributed by atoms with Crippen molar-refractivity contribution >= 4 is 55.0 Å². The normalized spacial score (nSPS) is 12.8. The third-order valence-corrected chi connectivity index (χ3v) is 9.87. The van der Waals surface area contributed by atoms with E-state index in [9.17, 15) is 0 Å². The molecule has 8 aromatic carbocycles. The van der Waals surface area contributed by atoms with E-state index in [1.807, 2.05) is 0 Å². The minimum Gasteiger partial charge on any atom is -0.310 e. The second kappa shape index (κ2) is 12.4. The predicted octanol–water partition coefficient (Wildman–Crippen LogP) is 13.7. The van der Waals surface area contributed by atoms with E-state index in [0.717, 1.165) is 29.9 Å². The van der Waals surface area contributed by atoms with Gasteiger partial charge in [0.2, 0.25) is 0 Å². The molecule has 1 aliphatic rings. The highest BCUT2D eigenvalue weighted by molar-refractivity contribution is 6.20. The summed E-state index contributed by atoms with van der Waals surface area (Å²) in [5.74, 6) is 0. The lowest BCUT2D eigenvalue weighted by molar-refractivity contribution is 1.04. The smallest absolute Gasteiger partial charge is 0.0540 e. The van der Waals surface area contributed by atoms with Crippen LogP contribution < -0.4 is 4.90 Å². The van der Waals surface area contributed by atoms with Gasteiger partial charge in [-0.2, -0.15) is 0 Å². The summed E-state index contributed by atoms with van der Waals surface area (Å²) in [4.78, 5) is 2.39. The zero-order valence-corrected chi connectivity index (χ0v) is 27.3. The molecule has 0 aromatic heterocycles. The Morgan fingerprint density at radius 2 is 1.08 bits per heavy atom. The van der Waals surface area contributed by atoms with Crippen LogP contribution in [-0.4, -0.2) is 0 Å². The van der Waals surface area contributed by atoms with Crippen molar-refractivity contribution in [2.24, 2.45) is 0 Å². The molecule has 0 saturated carbocycles. The van der Waals surface area contributed by atoms with E-state index in [1.165, 1.54) is 65.7 Å². The van der Waals surface area contributed by atoms with Crippen LogP contribution in [0.3, 0.4) is 0 Å². The van der Waals surface area contributed by atoms with Crippen LogP contribution in [0.15, 0.2) is 188 Å². The summed E-state index contributed by atoms with van der Waals surface area (Å²) in [6.45, 7) is 0. The molecule has 49 heavy (non-hydrogen) atoms. The molecule has 0 fully saturated rings. The average Bonchev–Trinajstić information content (AvgIpc) is 3.19. The Hall–Kier alpha value is -6.18. The lowest BCUT2D eigenvalue weighted by atomic mass is 9.91. The van der Waals surface area contributed by atoms with E-state index >= 15 is 0 Å². The Labute approximate surface area is 287 Å². The molecule has 0 unspecified atom stereocenters. The first-order valence-electron chi connectivity index (χ1n) is 17.2. The zero-order chi connectivity index (χ0) is 32.6. The first-order chi connectivity index (χ1) is 24.3. The molecule has 1 aliphatic carbocycles. The molecule has 1 heteroatoms. The average molecular weight is 626 g/mol. The second-order valence-corrected chi connectivity index (χ2v) is 12.8. The summed E-state index contributed by atoms with van der Waals surface area (Å²) in [6.07, 6.45) is 9.09. The molecule has 0 heterocycles. The lowest BCUT2D eigenvalue weighted by Crippen LogP contribution is -2.11.